The molecule has 2 unspecified atom stereocenters. The monoisotopic (exact) mass is 506 g/mol. The highest BCUT2D eigenvalue weighted by Gasteiger charge is 2.53. The van der Waals surface area contributed by atoms with Gasteiger partial charge in [-0.15, -0.1) is 0 Å². The maximum absolute atomic E-state index is 13.4. The number of hydrogen-bond donors (Lipinski definition) is 5. The van der Waals surface area contributed by atoms with E-state index in [-0.39, 0.29) is 30.8 Å². The zero-order valence-corrected chi connectivity index (χ0v) is 21.4. The molecular formula is C28H34N4O5. The Kier molecular flexibility index (Phi) is 6.24. The molecule has 5 rings (SSSR count). The Morgan fingerprint density at radius 2 is 1.95 bits per heavy atom. The number of hydrogen-bond acceptors (Lipinski definition) is 6. The third kappa shape index (κ3) is 4.06. The fourth-order valence-corrected chi connectivity index (χ4v) is 5.94. The highest BCUT2D eigenvalue weighted by atomic mass is 16.5. The second kappa shape index (κ2) is 9.15. The third-order valence-electron chi connectivity index (χ3n) is 8.29. The maximum atomic E-state index is 13.4. The lowest BCUT2D eigenvalue weighted by molar-refractivity contribution is -0.136. The molecule has 196 valence electrons. The Bertz CT molecular complexity index is 1240. The van der Waals surface area contributed by atoms with Gasteiger partial charge in [0, 0.05) is 23.1 Å². The molecule has 0 radical (unpaired) electrons. The molecular weight excluding hydrogens is 472 g/mol. The number of ether oxygens (including phenoxy) is 1. The van der Waals surface area contributed by atoms with Crippen LogP contribution >= 0.6 is 0 Å². The minimum Gasteiger partial charge on any atom is -0.482 e. The van der Waals surface area contributed by atoms with E-state index in [2.05, 4.69) is 10.6 Å². The highest BCUT2D eigenvalue weighted by molar-refractivity contribution is 6.00. The van der Waals surface area contributed by atoms with Gasteiger partial charge >= 0.3 is 0 Å². The first-order chi connectivity index (χ1) is 17.6. The summed E-state index contributed by atoms with van der Waals surface area (Å²) in [6, 6.07) is 11.3. The topological polar surface area (TPSA) is 135 Å². The van der Waals surface area contributed by atoms with Crippen molar-refractivity contribution in [1.29, 1.82) is 5.41 Å². The first kappa shape index (κ1) is 25.2. The molecule has 3 aliphatic rings. The summed E-state index contributed by atoms with van der Waals surface area (Å²) in [5.41, 5.74) is 1.12. The van der Waals surface area contributed by atoms with Crippen molar-refractivity contribution < 1.29 is 24.5 Å². The predicted molar refractivity (Wildman–Crippen MR) is 137 cm³/mol. The SMILES string of the molecule is CCC1(CC)CC(=O)N(C2c3cc(C(=O)N[C@@H]4c5ccccc5C[C@H]4O)ccc3OC2(C)CO)C(=N)N1. The fourth-order valence-electron chi connectivity index (χ4n) is 5.94. The third-order valence-corrected chi connectivity index (χ3v) is 8.29. The quantitative estimate of drug-likeness (QED) is 0.409. The van der Waals surface area contributed by atoms with E-state index >= 15 is 0 Å². The van der Waals surface area contributed by atoms with Crippen molar-refractivity contribution >= 4 is 17.8 Å². The molecule has 2 amide bonds. The van der Waals surface area contributed by atoms with E-state index in [1.54, 1.807) is 25.1 Å². The molecule has 1 saturated heterocycles. The summed E-state index contributed by atoms with van der Waals surface area (Å²) >= 11 is 0. The van der Waals surface area contributed by atoms with Crippen molar-refractivity contribution in [1.82, 2.24) is 15.5 Å². The van der Waals surface area contributed by atoms with Gasteiger partial charge in [-0.1, -0.05) is 38.1 Å². The molecule has 0 spiro atoms. The summed E-state index contributed by atoms with van der Waals surface area (Å²) in [6.07, 6.45) is 1.36. The number of carbonyl (C=O) groups is 2. The van der Waals surface area contributed by atoms with Gasteiger partial charge in [0.2, 0.25) is 5.91 Å². The van der Waals surface area contributed by atoms with Crippen LogP contribution < -0.4 is 15.4 Å². The van der Waals surface area contributed by atoms with Gasteiger partial charge in [0.25, 0.3) is 5.91 Å². The first-order valence-corrected chi connectivity index (χ1v) is 12.8. The molecule has 1 aliphatic carbocycles. The van der Waals surface area contributed by atoms with Crippen molar-refractivity contribution in [2.45, 2.75) is 75.8 Å². The lowest BCUT2D eigenvalue weighted by atomic mass is 9.84. The number of guanidine groups is 1. The largest absolute Gasteiger partial charge is 0.482 e. The summed E-state index contributed by atoms with van der Waals surface area (Å²) in [6.45, 7) is 5.29. The number of amides is 2. The van der Waals surface area contributed by atoms with Gasteiger partial charge in [-0.05, 0) is 49.1 Å². The van der Waals surface area contributed by atoms with Crippen molar-refractivity contribution in [3.05, 3.63) is 64.7 Å². The number of nitrogens with one attached hydrogen (secondary N) is 3. The van der Waals surface area contributed by atoms with Crippen LogP contribution in [0.4, 0.5) is 0 Å². The van der Waals surface area contributed by atoms with Crippen LogP contribution in [0.2, 0.25) is 0 Å². The Labute approximate surface area is 216 Å². The van der Waals surface area contributed by atoms with Crippen LogP contribution in [0.5, 0.6) is 5.75 Å². The number of aliphatic hydroxyl groups is 2. The summed E-state index contributed by atoms with van der Waals surface area (Å²) < 4.78 is 6.10. The Morgan fingerprint density at radius 3 is 2.62 bits per heavy atom. The number of aliphatic hydroxyl groups excluding tert-OH is 2. The molecule has 9 heteroatoms. The molecule has 2 aromatic carbocycles. The van der Waals surface area contributed by atoms with E-state index in [1.807, 2.05) is 38.1 Å². The number of rotatable bonds is 6. The molecule has 2 aromatic rings. The summed E-state index contributed by atoms with van der Waals surface area (Å²) in [7, 11) is 0. The average molecular weight is 507 g/mol. The molecule has 0 aromatic heterocycles. The summed E-state index contributed by atoms with van der Waals surface area (Å²) in [4.78, 5) is 28.1. The van der Waals surface area contributed by atoms with Crippen molar-refractivity contribution in [2.75, 3.05) is 6.61 Å². The lowest BCUT2D eigenvalue weighted by Crippen LogP contribution is -2.64. The zero-order valence-electron chi connectivity index (χ0n) is 21.4. The van der Waals surface area contributed by atoms with Crippen molar-refractivity contribution in [2.24, 2.45) is 0 Å². The van der Waals surface area contributed by atoms with E-state index in [0.717, 1.165) is 11.1 Å². The van der Waals surface area contributed by atoms with E-state index in [9.17, 15) is 19.8 Å². The van der Waals surface area contributed by atoms with Crippen LogP contribution in [-0.4, -0.2) is 56.7 Å². The van der Waals surface area contributed by atoms with Gasteiger partial charge in [0.05, 0.1) is 25.2 Å². The Balaban J connectivity index is 1.46. The van der Waals surface area contributed by atoms with E-state index < -0.39 is 29.3 Å². The smallest absolute Gasteiger partial charge is 0.251 e. The van der Waals surface area contributed by atoms with Gasteiger partial charge in [0.1, 0.15) is 11.8 Å². The standard InChI is InChI=1S/C28H34N4O5/c1-4-28(5-2)14-22(35)32(26(29)31-28)24-19-12-17(10-11-21(19)37-27(24,3)15-33)25(36)30-23-18-9-7-6-8-16(18)13-20(23)34/h6-12,20,23-24,33-34H,4-5,13-15H2,1-3H3,(H2,29,31)(H,30,36)/t20-,23-,24?,27?/m1/s1. The number of carbonyl (C=O) groups excluding carboxylic acids is 2. The molecule has 4 atom stereocenters. The number of benzene rings is 2. The van der Waals surface area contributed by atoms with Crippen molar-refractivity contribution in [3.8, 4) is 5.75 Å². The molecule has 1 fully saturated rings. The van der Waals surface area contributed by atoms with Crippen LogP contribution in [0.25, 0.3) is 0 Å². The highest BCUT2D eigenvalue weighted by Crippen LogP contribution is 2.48. The van der Waals surface area contributed by atoms with E-state index in [1.165, 1.54) is 4.90 Å². The average Bonchev–Trinajstić information content (AvgIpc) is 3.36. The van der Waals surface area contributed by atoms with Crippen LogP contribution in [0, 0.1) is 5.41 Å². The summed E-state index contributed by atoms with van der Waals surface area (Å²) in [5.74, 6) is -0.183. The van der Waals surface area contributed by atoms with E-state index in [0.29, 0.717) is 36.1 Å². The normalized spacial score (nSPS) is 27.8. The zero-order chi connectivity index (χ0) is 26.5. The molecule has 9 nitrogen and oxygen atoms in total. The summed E-state index contributed by atoms with van der Waals surface area (Å²) in [5, 5.41) is 35.8. The Hall–Kier alpha value is -3.43. The van der Waals surface area contributed by atoms with Crippen LogP contribution in [0.15, 0.2) is 42.5 Å². The molecule has 37 heavy (non-hydrogen) atoms. The van der Waals surface area contributed by atoms with Gasteiger partial charge in [-0.2, -0.15) is 0 Å². The molecule has 2 heterocycles. The molecule has 5 N–H and O–H groups in total. The minimum absolute atomic E-state index is 0.0402. The van der Waals surface area contributed by atoms with Gasteiger partial charge in [0.15, 0.2) is 11.6 Å². The number of fused-ring (bicyclic) bond motifs is 2. The minimum atomic E-state index is -1.19. The van der Waals surface area contributed by atoms with Gasteiger partial charge < -0.3 is 25.6 Å². The molecule has 2 aliphatic heterocycles. The number of nitrogens with zero attached hydrogens (tertiary/aromatic N) is 1. The van der Waals surface area contributed by atoms with Gasteiger partial charge in [-0.3, -0.25) is 19.9 Å². The second-order valence-electron chi connectivity index (χ2n) is 10.6. The first-order valence-electron chi connectivity index (χ1n) is 12.8. The molecule has 0 saturated carbocycles. The Morgan fingerprint density at radius 1 is 1.22 bits per heavy atom. The fraction of sp³-hybridized carbons (Fsp3) is 0.464. The molecule has 0 bridgehead atoms. The van der Waals surface area contributed by atoms with Crippen LogP contribution in [-0.2, 0) is 11.2 Å². The van der Waals surface area contributed by atoms with Crippen LogP contribution in [0.1, 0.15) is 79.2 Å². The van der Waals surface area contributed by atoms with Crippen molar-refractivity contribution in [3.63, 3.8) is 0 Å². The maximum Gasteiger partial charge on any atom is 0.251 e. The van der Waals surface area contributed by atoms with Crippen LogP contribution in [0.3, 0.4) is 0 Å². The predicted octanol–water partition coefficient (Wildman–Crippen LogP) is 2.57. The van der Waals surface area contributed by atoms with Gasteiger partial charge in [-0.25, -0.2) is 0 Å². The lowest BCUT2D eigenvalue weighted by Gasteiger charge is -2.46. The second-order valence-corrected chi connectivity index (χ2v) is 10.6. The van der Waals surface area contributed by atoms with E-state index in [4.69, 9.17) is 10.1 Å².